The van der Waals surface area contributed by atoms with Gasteiger partial charge in [0.25, 0.3) is 0 Å². The Hall–Kier alpha value is -1.02. The second-order valence-corrected chi connectivity index (χ2v) is 4.22. The van der Waals surface area contributed by atoms with E-state index in [1.165, 1.54) is 0 Å². The van der Waals surface area contributed by atoms with Crippen molar-refractivity contribution in [3.8, 4) is 5.75 Å². The lowest BCUT2D eigenvalue weighted by atomic mass is 9.80. The number of benzene rings is 1. The van der Waals surface area contributed by atoms with Crippen LogP contribution in [0.1, 0.15) is 29.6 Å². The average molecular weight is 225 g/mol. The van der Waals surface area contributed by atoms with Gasteiger partial charge >= 0.3 is 0 Å². The average Bonchev–Trinajstić information content (AvgIpc) is 2.14. The van der Waals surface area contributed by atoms with Crippen LogP contribution in [0.15, 0.2) is 18.2 Å². The fourth-order valence-corrected chi connectivity index (χ4v) is 2.05. The maximum absolute atomic E-state index is 12.1. The maximum Gasteiger partial charge on any atom is 0.171 e. The van der Waals surface area contributed by atoms with E-state index >= 15 is 0 Å². The molecule has 1 aromatic rings. The third-order valence-electron chi connectivity index (χ3n) is 2.92. The van der Waals surface area contributed by atoms with Gasteiger partial charge in [0.05, 0.1) is 17.7 Å². The van der Waals surface area contributed by atoms with Gasteiger partial charge in [-0.1, -0.05) is 24.1 Å². The lowest BCUT2D eigenvalue weighted by molar-refractivity contribution is 0.0852. The Morgan fingerprint density at radius 3 is 2.73 bits per heavy atom. The molecular weight excluding hydrogens is 212 g/mol. The largest absolute Gasteiger partial charge is 0.496 e. The van der Waals surface area contributed by atoms with Crippen LogP contribution in [0.2, 0.25) is 5.02 Å². The van der Waals surface area contributed by atoms with Crippen molar-refractivity contribution in [3.05, 3.63) is 28.8 Å². The molecule has 1 aromatic carbocycles. The number of carbonyl (C=O) groups excluding carboxylic acids is 1. The van der Waals surface area contributed by atoms with Crippen LogP contribution in [-0.4, -0.2) is 12.9 Å². The van der Waals surface area contributed by atoms with Crippen molar-refractivity contribution >= 4 is 17.4 Å². The van der Waals surface area contributed by atoms with Gasteiger partial charge in [0.1, 0.15) is 5.75 Å². The van der Waals surface area contributed by atoms with Crippen LogP contribution in [0, 0.1) is 5.92 Å². The number of halogens is 1. The smallest absolute Gasteiger partial charge is 0.171 e. The Morgan fingerprint density at radius 2 is 2.20 bits per heavy atom. The molecule has 1 aliphatic rings. The molecule has 2 rings (SSSR count). The Morgan fingerprint density at radius 1 is 1.47 bits per heavy atom. The summed E-state index contributed by atoms with van der Waals surface area (Å²) in [5.74, 6) is 0.863. The molecule has 0 atom stereocenters. The van der Waals surface area contributed by atoms with E-state index in [-0.39, 0.29) is 11.7 Å². The minimum Gasteiger partial charge on any atom is -0.496 e. The predicted octanol–water partition coefficient (Wildman–Crippen LogP) is 3.33. The van der Waals surface area contributed by atoms with Crippen LogP contribution in [0.4, 0.5) is 0 Å². The Kier molecular flexibility index (Phi) is 2.96. The number of ketones is 1. The lowest BCUT2D eigenvalue weighted by Gasteiger charge is -2.24. The van der Waals surface area contributed by atoms with Crippen LogP contribution in [0.25, 0.3) is 0 Å². The van der Waals surface area contributed by atoms with Gasteiger partial charge in [-0.25, -0.2) is 0 Å². The number of methoxy groups -OCH3 is 1. The Labute approximate surface area is 94.2 Å². The zero-order chi connectivity index (χ0) is 10.8. The van der Waals surface area contributed by atoms with Gasteiger partial charge in [0, 0.05) is 5.92 Å². The summed E-state index contributed by atoms with van der Waals surface area (Å²) in [7, 11) is 1.56. The molecule has 0 aliphatic heterocycles. The molecule has 1 fully saturated rings. The van der Waals surface area contributed by atoms with Crippen LogP contribution >= 0.6 is 11.6 Å². The van der Waals surface area contributed by atoms with Crippen molar-refractivity contribution in [1.82, 2.24) is 0 Å². The minimum absolute atomic E-state index is 0.128. The molecule has 0 radical (unpaired) electrons. The van der Waals surface area contributed by atoms with Gasteiger partial charge < -0.3 is 4.74 Å². The summed E-state index contributed by atoms with van der Waals surface area (Å²) in [6.45, 7) is 0. The summed E-state index contributed by atoms with van der Waals surface area (Å²) in [5.41, 5.74) is 0.548. The molecule has 80 valence electrons. The van der Waals surface area contributed by atoms with Crippen molar-refractivity contribution in [2.24, 2.45) is 5.92 Å². The molecule has 0 aromatic heterocycles. The number of Topliss-reactive ketones (excluding diaryl/α,β-unsaturated/α-hetero) is 1. The fourth-order valence-electron chi connectivity index (χ4n) is 1.79. The number of rotatable bonds is 3. The highest BCUT2D eigenvalue weighted by Gasteiger charge is 2.29. The van der Waals surface area contributed by atoms with Gasteiger partial charge in [0.15, 0.2) is 5.78 Å². The van der Waals surface area contributed by atoms with Crippen molar-refractivity contribution < 1.29 is 9.53 Å². The first-order valence-corrected chi connectivity index (χ1v) is 5.48. The summed E-state index contributed by atoms with van der Waals surface area (Å²) in [6, 6.07) is 5.30. The standard InChI is InChI=1S/C12H13ClO2/c1-15-10-7-3-6-9(13)11(10)12(14)8-4-2-5-8/h3,6-8H,2,4-5H2,1H3. The third-order valence-corrected chi connectivity index (χ3v) is 3.23. The second kappa shape index (κ2) is 4.23. The molecule has 0 N–H and O–H groups in total. The van der Waals surface area contributed by atoms with Gasteiger partial charge in [-0.15, -0.1) is 0 Å². The molecule has 1 saturated carbocycles. The minimum atomic E-state index is 0.128. The molecule has 0 saturated heterocycles. The molecule has 2 nitrogen and oxygen atoms in total. The zero-order valence-electron chi connectivity index (χ0n) is 8.63. The van der Waals surface area contributed by atoms with E-state index in [0.717, 1.165) is 19.3 Å². The highest BCUT2D eigenvalue weighted by Crippen LogP contribution is 2.35. The van der Waals surface area contributed by atoms with E-state index in [9.17, 15) is 4.79 Å². The molecule has 1 aliphatic carbocycles. The topological polar surface area (TPSA) is 26.3 Å². The summed E-state index contributed by atoms with van der Waals surface area (Å²) < 4.78 is 5.16. The SMILES string of the molecule is COc1cccc(Cl)c1C(=O)C1CCC1. The summed E-state index contributed by atoms with van der Waals surface area (Å²) >= 11 is 6.03. The van der Waals surface area contributed by atoms with E-state index in [4.69, 9.17) is 16.3 Å². The highest BCUT2D eigenvalue weighted by molar-refractivity contribution is 6.34. The molecular formula is C12H13ClO2. The van der Waals surface area contributed by atoms with Crippen molar-refractivity contribution in [1.29, 1.82) is 0 Å². The monoisotopic (exact) mass is 224 g/mol. The number of hydrogen-bond acceptors (Lipinski definition) is 2. The fraction of sp³-hybridized carbons (Fsp3) is 0.417. The Balaban J connectivity index is 2.36. The van der Waals surface area contributed by atoms with Crippen molar-refractivity contribution in [2.75, 3.05) is 7.11 Å². The van der Waals surface area contributed by atoms with Gasteiger partial charge in [-0.3, -0.25) is 4.79 Å². The maximum atomic E-state index is 12.1. The molecule has 0 bridgehead atoms. The quantitative estimate of drug-likeness (QED) is 0.737. The van der Waals surface area contributed by atoms with Crippen LogP contribution in [0.5, 0.6) is 5.75 Å². The highest BCUT2D eigenvalue weighted by atomic mass is 35.5. The predicted molar refractivity (Wildman–Crippen MR) is 59.7 cm³/mol. The Bertz CT molecular complexity index is 383. The number of carbonyl (C=O) groups is 1. The first kappa shape index (κ1) is 10.5. The molecule has 3 heteroatoms. The molecule has 0 amide bonds. The number of ether oxygens (including phenoxy) is 1. The summed E-state index contributed by atoms with van der Waals surface area (Å²) in [5, 5.41) is 0.492. The van der Waals surface area contributed by atoms with Crippen LogP contribution in [-0.2, 0) is 0 Å². The van der Waals surface area contributed by atoms with Crippen LogP contribution in [0.3, 0.4) is 0 Å². The summed E-state index contributed by atoms with van der Waals surface area (Å²) in [6.07, 6.45) is 3.10. The van der Waals surface area contributed by atoms with Gasteiger partial charge in [-0.05, 0) is 25.0 Å². The molecule has 0 unspecified atom stereocenters. The first-order chi connectivity index (χ1) is 7.24. The van der Waals surface area contributed by atoms with Crippen LogP contribution < -0.4 is 4.74 Å². The normalized spacial score (nSPS) is 15.9. The van der Waals surface area contributed by atoms with Gasteiger partial charge in [-0.2, -0.15) is 0 Å². The van der Waals surface area contributed by atoms with Crippen molar-refractivity contribution in [3.63, 3.8) is 0 Å². The van der Waals surface area contributed by atoms with E-state index in [2.05, 4.69) is 0 Å². The summed E-state index contributed by atoms with van der Waals surface area (Å²) in [4.78, 5) is 12.1. The number of hydrogen-bond donors (Lipinski definition) is 0. The van der Waals surface area contributed by atoms with E-state index in [1.807, 2.05) is 0 Å². The third kappa shape index (κ3) is 1.86. The first-order valence-electron chi connectivity index (χ1n) is 5.10. The second-order valence-electron chi connectivity index (χ2n) is 3.81. The molecule has 0 heterocycles. The zero-order valence-corrected chi connectivity index (χ0v) is 9.38. The molecule has 0 spiro atoms. The lowest BCUT2D eigenvalue weighted by Crippen LogP contribution is -2.22. The van der Waals surface area contributed by atoms with E-state index < -0.39 is 0 Å². The van der Waals surface area contributed by atoms with E-state index in [0.29, 0.717) is 16.3 Å². The van der Waals surface area contributed by atoms with Gasteiger partial charge in [0.2, 0.25) is 0 Å². The van der Waals surface area contributed by atoms with Crippen molar-refractivity contribution in [2.45, 2.75) is 19.3 Å². The molecule has 15 heavy (non-hydrogen) atoms. The van der Waals surface area contributed by atoms with E-state index in [1.54, 1.807) is 25.3 Å².